The topological polar surface area (TPSA) is 89.6 Å². The van der Waals surface area contributed by atoms with Crippen molar-refractivity contribution in [2.45, 2.75) is 6.92 Å². The van der Waals surface area contributed by atoms with Gasteiger partial charge in [-0.3, -0.25) is 9.59 Å². The quantitative estimate of drug-likeness (QED) is 0.584. The number of ketones is 1. The van der Waals surface area contributed by atoms with Crippen molar-refractivity contribution in [3.8, 4) is 11.5 Å². The number of methoxy groups -OCH3 is 2. The Labute approximate surface area is 168 Å². The highest BCUT2D eigenvalue weighted by molar-refractivity contribution is 6.04. The number of nitrogens with one attached hydrogen (secondary N) is 2. The van der Waals surface area contributed by atoms with Gasteiger partial charge in [-0.15, -0.1) is 0 Å². The van der Waals surface area contributed by atoms with Crippen molar-refractivity contribution in [3.63, 3.8) is 0 Å². The van der Waals surface area contributed by atoms with Gasteiger partial charge < -0.3 is 20.1 Å². The normalized spacial score (nSPS) is 10.2. The summed E-state index contributed by atoms with van der Waals surface area (Å²) in [6, 6.07) is 15.6. The summed E-state index contributed by atoms with van der Waals surface area (Å²) in [4.78, 5) is 28.2. The Morgan fingerprint density at radius 1 is 0.862 bits per heavy atom. The van der Waals surface area contributed by atoms with E-state index in [2.05, 4.69) is 15.6 Å². The molecule has 0 unspecified atom stereocenters. The zero-order valence-electron chi connectivity index (χ0n) is 16.4. The van der Waals surface area contributed by atoms with Gasteiger partial charge in [0, 0.05) is 16.8 Å². The molecule has 1 heterocycles. The summed E-state index contributed by atoms with van der Waals surface area (Å²) in [7, 11) is 3.05. The maximum atomic E-state index is 12.5. The van der Waals surface area contributed by atoms with Crippen molar-refractivity contribution >= 4 is 28.9 Å². The first-order chi connectivity index (χ1) is 14.0. The number of amides is 1. The number of aromatic nitrogens is 1. The summed E-state index contributed by atoms with van der Waals surface area (Å²) >= 11 is 0. The molecule has 0 bridgehead atoms. The number of ether oxygens (including phenoxy) is 2. The van der Waals surface area contributed by atoms with Crippen molar-refractivity contribution in [2.75, 3.05) is 24.9 Å². The Bertz CT molecular complexity index is 1030. The molecule has 29 heavy (non-hydrogen) atoms. The molecule has 3 rings (SSSR count). The van der Waals surface area contributed by atoms with Crippen LogP contribution in [0.15, 0.2) is 60.8 Å². The molecular formula is C22H21N3O4. The Kier molecular flexibility index (Phi) is 6.09. The Balaban J connectivity index is 1.68. The lowest BCUT2D eigenvalue weighted by molar-refractivity contribution is 0.101. The van der Waals surface area contributed by atoms with Gasteiger partial charge in [-0.25, -0.2) is 4.98 Å². The van der Waals surface area contributed by atoms with Gasteiger partial charge in [0.05, 0.1) is 26.1 Å². The van der Waals surface area contributed by atoms with E-state index in [9.17, 15) is 9.59 Å². The van der Waals surface area contributed by atoms with E-state index in [1.54, 1.807) is 48.7 Å². The van der Waals surface area contributed by atoms with Crippen LogP contribution in [0.2, 0.25) is 0 Å². The molecule has 0 saturated carbocycles. The van der Waals surface area contributed by atoms with Crippen LogP contribution in [0, 0.1) is 0 Å². The van der Waals surface area contributed by atoms with Crippen LogP contribution in [-0.2, 0) is 0 Å². The highest BCUT2D eigenvalue weighted by atomic mass is 16.5. The van der Waals surface area contributed by atoms with Crippen LogP contribution in [0.4, 0.5) is 17.2 Å². The number of hydrogen-bond donors (Lipinski definition) is 2. The lowest BCUT2D eigenvalue weighted by Crippen LogP contribution is -2.13. The van der Waals surface area contributed by atoms with Gasteiger partial charge in [0.15, 0.2) is 17.3 Å². The minimum atomic E-state index is -0.312. The van der Waals surface area contributed by atoms with Gasteiger partial charge >= 0.3 is 0 Å². The fourth-order valence-electron chi connectivity index (χ4n) is 2.69. The summed E-state index contributed by atoms with van der Waals surface area (Å²) in [6.07, 6.45) is 1.60. The zero-order valence-corrected chi connectivity index (χ0v) is 16.4. The largest absolute Gasteiger partial charge is 0.493 e. The number of benzene rings is 2. The number of anilines is 3. The molecule has 1 amide bonds. The fraction of sp³-hybridized carbons (Fsp3) is 0.136. The predicted molar refractivity (Wildman–Crippen MR) is 111 cm³/mol. The molecule has 0 radical (unpaired) electrons. The van der Waals surface area contributed by atoms with E-state index in [4.69, 9.17) is 9.47 Å². The standard InChI is InChI=1S/C22H21N3O4/c1-14(26)15-5-4-6-17(11-15)24-18-8-10-21(23-13-18)25-22(27)16-7-9-19(28-2)20(12-16)29-3/h4-13,24H,1-3H3,(H,23,25,27). The van der Waals surface area contributed by atoms with Crippen LogP contribution in [-0.4, -0.2) is 30.9 Å². The van der Waals surface area contributed by atoms with Crippen LogP contribution in [0.1, 0.15) is 27.6 Å². The lowest BCUT2D eigenvalue weighted by Gasteiger charge is -2.10. The second-order valence-corrected chi connectivity index (χ2v) is 6.22. The molecule has 0 aliphatic carbocycles. The molecule has 2 N–H and O–H groups in total. The van der Waals surface area contributed by atoms with Crippen LogP contribution >= 0.6 is 0 Å². The summed E-state index contributed by atoms with van der Waals surface area (Å²) < 4.78 is 10.4. The minimum absolute atomic E-state index is 0.00000210. The van der Waals surface area contributed by atoms with Crippen molar-refractivity contribution in [3.05, 3.63) is 71.9 Å². The number of carbonyl (C=O) groups excluding carboxylic acids is 2. The molecule has 0 aliphatic heterocycles. The van der Waals surface area contributed by atoms with Gasteiger partial charge in [-0.05, 0) is 49.4 Å². The van der Waals surface area contributed by atoms with Gasteiger partial charge in [0.1, 0.15) is 5.82 Å². The third-order valence-electron chi connectivity index (χ3n) is 4.21. The summed E-state index contributed by atoms with van der Waals surface area (Å²) in [5.74, 6) is 1.12. The number of carbonyl (C=O) groups is 2. The second-order valence-electron chi connectivity index (χ2n) is 6.22. The summed E-state index contributed by atoms with van der Waals surface area (Å²) in [5, 5.41) is 5.92. The second kappa shape index (κ2) is 8.88. The zero-order chi connectivity index (χ0) is 20.8. The summed E-state index contributed by atoms with van der Waals surface area (Å²) in [6.45, 7) is 1.52. The number of rotatable bonds is 7. The predicted octanol–water partition coefficient (Wildman–Crippen LogP) is 4.30. The minimum Gasteiger partial charge on any atom is -0.493 e. The van der Waals surface area contributed by atoms with E-state index < -0.39 is 0 Å². The number of hydrogen-bond acceptors (Lipinski definition) is 6. The van der Waals surface area contributed by atoms with Crippen molar-refractivity contribution < 1.29 is 19.1 Å². The van der Waals surface area contributed by atoms with E-state index >= 15 is 0 Å². The van der Waals surface area contributed by atoms with Crippen LogP contribution in [0.5, 0.6) is 11.5 Å². The average Bonchev–Trinajstić information content (AvgIpc) is 2.74. The molecule has 7 heteroatoms. The molecule has 0 saturated heterocycles. The molecule has 0 fully saturated rings. The van der Waals surface area contributed by atoms with Gasteiger partial charge in [0.25, 0.3) is 5.91 Å². The molecule has 7 nitrogen and oxygen atoms in total. The molecule has 0 spiro atoms. The first-order valence-corrected chi connectivity index (χ1v) is 8.87. The Morgan fingerprint density at radius 3 is 2.31 bits per heavy atom. The fourth-order valence-corrected chi connectivity index (χ4v) is 2.69. The number of pyridine rings is 1. The van der Waals surface area contributed by atoms with Crippen LogP contribution in [0.3, 0.4) is 0 Å². The van der Waals surface area contributed by atoms with Gasteiger partial charge in [0.2, 0.25) is 0 Å². The number of nitrogens with zero attached hydrogens (tertiary/aromatic N) is 1. The Morgan fingerprint density at radius 2 is 1.66 bits per heavy atom. The van der Waals surface area contributed by atoms with Crippen molar-refractivity contribution in [2.24, 2.45) is 0 Å². The molecule has 1 aromatic heterocycles. The van der Waals surface area contributed by atoms with Crippen molar-refractivity contribution in [1.82, 2.24) is 4.98 Å². The monoisotopic (exact) mass is 391 g/mol. The summed E-state index contributed by atoms with van der Waals surface area (Å²) in [5.41, 5.74) is 2.56. The van der Waals surface area contributed by atoms with E-state index in [1.807, 2.05) is 12.1 Å². The van der Waals surface area contributed by atoms with Gasteiger partial charge in [-0.1, -0.05) is 12.1 Å². The molecular weight excluding hydrogens is 370 g/mol. The molecule has 0 aliphatic rings. The molecule has 148 valence electrons. The first kappa shape index (κ1) is 19.9. The molecule has 2 aromatic carbocycles. The number of Topliss-reactive ketones (excluding diaryl/α,β-unsaturated/α-hetero) is 1. The van der Waals surface area contributed by atoms with E-state index in [-0.39, 0.29) is 11.7 Å². The van der Waals surface area contributed by atoms with Crippen molar-refractivity contribution in [1.29, 1.82) is 0 Å². The third kappa shape index (κ3) is 4.90. The SMILES string of the molecule is COc1ccc(C(=O)Nc2ccc(Nc3cccc(C(C)=O)c3)cn2)cc1OC. The van der Waals surface area contributed by atoms with Crippen LogP contribution in [0.25, 0.3) is 0 Å². The molecule has 0 atom stereocenters. The molecule has 3 aromatic rings. The van der Waals surface area contributed by atoms with E-state index in [0.29, 0.717) is 28.4 Å². The van der Waals surface area contributed by atoms with E-state index in [1.165, 1.54) is 21.1 Å². The third-order valence-corrected chi connectivity index (χ3v) is 4.21. The highest BCUT2D eigenvalue weighted by Crippen LogP contribution is 2.28. The van der Waals surface area contributed by atoms with Gasteiger partial charge in [-0.2, -0.15) is 0 Å². The smallest absolute Gasteiger partial charge is 0.256 e. The highest BCUT2D eigenvalue weighted by Gasteiger charge is 2.11. The average molecular weight is 391 g/mol. The van der Waals surface area contributed by atoms with Crippen LogP contribution < -0.4 is 20.1 Å². The van der Waals surface area contributed by atoms with E-state index in [0.717, 1.165) is 11.4 Å². The maximum absolute atomic E-state index is 12.5. The first-order valence-electron chi connectivity index (χ1n) is 8.87. The Hall–Kier alpha value is -3.87. The maximum Gasteiger partial charge on any atom is 0.256 e. The lowest BCUT2D eigenvalue weighted by atomic mass is 10.1.